The van der Waals surface area contributed by atoms with Crippen LogP contribution in [0.1, 0.15) is 21.8 Å². The summed E-state index contributed by atoms with van der Waals surface area (Å²) in [6, 6.07) is 6.64. The zero-order valence-corrected chi connectivity index (χ0v) is 14.6. The van der Waals surface area contributed by atoms with Crippen molar-refractivity contribution < 1.29 is 22.7 Å². The standard InChI is InChI=1S/C17H12ClF2N3O4/c1-8-6-9(18)2-4-11(8)23-17(25)27-13(22-23)7-26-12-5-3-10(19)14(15(12)20)16(21)24/h2-6H,7H2,1H3,(H2,21,24). The van der Waals surface area contributed by atoms with Crippen molar-refractivity contribution >= 4 is 17.5 Å². The predicted molar refractivity (Wildman–Crippen MR) is 91.1 cm³/mol. The van der Waals surface area contributed by atoms with E-state index < -0.39 is 41.2 Å². The van der Waals surface area contributed by atoms with Gasteiger partial charge in [0.25, 0.3) is 11.8 Å². The van der Waals surface area contributed by atoms with Crippen LogP contribution in [0.4, 0.5) is 8.78 Å². The lowest BCUT2D eigenvalue weighted by atomic mass is 10.1. The Morgan fingerprint density at radius 2 is 2.07 bits per heavy atom. The molecule has 3 aromatic rings. The molecular formula is C17H12ClF2N3O4. The number of aromatic nitrogens is 2. The Labute approximate surface area is 155 Å². The number of carbonyl (C=O) groups is 1. The van der Waals surface area contributed by atoms with Crippen molar-refractivity contribution in [2.24, 2.45) is 5.73 Å². The molecule has 0 spiro atoms. The fourth-order valence-corrected chi connectivity index (χ4v) is 2.62. The first-order chi connectivity index (χ1) is 12.8. The first-order valence-corrected chi connectivity index (χ1v) is 7.92. The fraction of sp³-hybridized carbons (Fsp3) is 0.118. The normalized spacial score (nSPS) is 10.8. The second kappa shape index (κ2) is 7.20. The highest BCUT2D eigenvalue weighted by Crippen LogP contribution is 2.24. The number of aryl methyl sites for hydroxylation is 1. The van der Waals surface area contributed by atoms with E-state index in [9.17, 15) is 18.4 Å². The van der Waals surface area contributed by atoms with Crippen LogP contribution >= 0.6 is 11.6 Å². The molecule has 1 aromatic heterocycles. The summed E-state index contributed by atoms with van der Waals surface area (Å²) in [4.78, 5) is 23.1. The molecule has 0 saturated carbocycles. The van der Waals surface area contributed by atoms with E-state index in [0.29, 0.717) is 16.3 Å². The number of nitrogens with two attached hydrogens (primary N) is 1. The number of hydrogen-bond acceptors (Lipinski definition) is 5. The largest absolute Gasteiger partial charge is 0.481 e. The van der Waals surface area contributed by atoms with Crippen molar-refractivity contribution in [3.63, 3.8) is 0 Å². The number of carbonyl (C=O) groups excluding carboxylic acids is 1. The van der Waals surface area contributed by atoms with Crippen LogP contribution in [0.25, 0.3) is 5.69 Å². The average molecular weight is 396 g/mol. The SMILES string of the molecule is Cc1cc(Cl)ccc1-n1nc(COc2ccc(F)c(C(N)=O)c2F)oc1=O. The zero-order chi connectivity index (χ0) is 19.7. The average Bonchev–Trinajstić information content (AvgIpc) is 2.94. The van der Waals surface area contributed by atoms with Gasteiger partial charge < -0.3 is 14.9 Å². The molecule has 0 aliphatic carbocycles. The third-order valence-electron chi connectivity index (χ3n) is 3.63. The molecule has 1 amide bonds. The van der Waals surface area contributed by atoms with Crippen molar-refractivity contribution in [2.45, 2.75) is 13.5 Å². The molecule has 1 heterocycles. The maximum atomic E-state index is 14.1. The van der Waals surface area contributed by atoms with Crippen LogP contribution in [0.2, 0.25) is 5.02 Å². The molecule has 140 valence electrons. The third-order valence-corrected chi connectivity index (χ3v) is 3.86. The van der Waals surface area contributed by atoms with Gasteiger partial charge in [0.1, 0.15) is 11.4 Å². The van der Waals surface area contributed by atoms with Gasteiger partial charge in [-0.1, -0.05) is 11.6 Å². The van der Waals surface area contributed by atoms with E-state index in [2.05, 4.69) is 5.10 Å². The summed E-state index contributed by atoms with van der Waals surface area (Å²) in [7, 11) is 0. The van der Waals surface area contributed by atoms with E-state index in [4.69, 9.17) is 26.5 Å². The van der Waals surface area contributed by atoms with Gasteiger partial charge >= 0.3 is 5.76 Å². The molecule has 7 nitrogen and oxygen atoms in total. The van der Waals surface area contributed by atoms with Crippen molar-refractivity contribution in [1.29, 1.82) is 0 Å². The lowest BCUT2D eigenvalue weighted by Gasteiger charge is -2.08. The van der Waals surface area contributed by atoms with E-state index in [1.54, 1.807) is 25.1 Å². The Hall–Kier alpha value is -3.20. The van der Waals surface area contributed by atoms with Crippen LogP contribution in [0, 0.1) is 18.6 Å². The third kappa shape index (κ3) is 3.68. The minimum atomic E-state index is -1.27. The molecule has 0 bridgehead atoms. The van der Waals surface area contributed by atoms with E-state index >= 15 is 0 Å². The number of nitrogens with zero attached hydrogens (tertiary/aromatic N) is 2. The highest BCUT2D eigenvalue weighted by atomic mass is 35.5. The van der Waals surface area contributed by atoms with E-state index in [1.807, 2.05) is 0 Å². The van der Waals surface area contributed by atoms with Gasteiger partial charge in [-0.2, -0.15) is 4.68 Å². The van der Waals surface area contributed by atoms with Crippen molar-refractivity contribution in [1.82, 2.24) is 9.78 Å². The Bertz CT molecular complexity index is 1090. The fourth-order valence-electron chi connectivity index (χ4n) is 2.39. The summed E-state index contributed by atoms with van der Waals surface area (Å²) in [5.41, 5.74) is 5.15. The molecular weight excluding hydrogens is 384 g/mol. The zero-order valence-electron chi connectivity index (χ0n) is 13.8. The Morgan fingerprint density at radius 1 is 1.33 bits per heavy atom. The Kier molecular flexibility index (Phi) is 4.95. The van der Waals surface area contributed by atoms with Crippen LogP contribution in [0.15, 0.2) is 39.5 Å². The molecule has 0 aliphatic heterocycles. The van der Waals surface area contributed by atoms with E-state index in [1.165, 1.54) is 0 Å². The second-order valence-electron chi connectivity index (χ2n) is 5.49. The second-order valence-corrected chi connectivity index (χ2v) is 5.93. The first kappa shape index (κ1) is 18.6. The van der Waals surface area contributed by atoms with Gasteiger partial charge in [0.15, 0.2) is 18.2 Å². The maximum absolute atomic E-state index is 14.1. The highest BCUT2D eigenvalue weighted by molar-refractivity contribution is 6.30. The van der Waals surface area contributed by atoms with Crippen LogP contribution in [-0.4, -0.2) is 15.7 Å². The number of rotatable bonds is 5. The number of halogens is 3. The molecule has 27 heavy (non-hydrogen) atoms. The lowest BCUT2D eigenvalue weighted by molar-refractivity contribution is 0.0991. The number of primary amides is 1. The maximum Gasteiger partial charge on any atom is 0.442 e. The Morgan fingerprint density at radius 3 is 2.74 bits per heavy atom. The van der Waals surface area contributed by atoms with Crippen LogP contribution < -0.4 is 16.2 Å². The summed E-state index contributed by atoms with van der Waals surface area (Å²) in [5, 5.41) is 4.47. The van der Waals surface area contributed by atoms with Gasteiger partial charge in [-0.25, -0.2) is 13.6 Å². The molecule has 0 saturated heterocycles. The van der Waals surface area contributed by atoms with Crippen molar-refractivity contribution in [2.75, 3.05) is 0 Å². The minimum Gasteiger partial charge on any atom is -0.481 e. The van der Waals surface area contributed by atoms with Crippen molar-refractivity contribution in [3.05, 3.63) is 74.6 Å². The summed E-state index contributed by atoms with van der Waals surface area (Å²) < 4.78 is 38.7. The summed E-state index contributed by atoms with van der Waals surface area (Å²) >= 11 is 5.88. The molecule has 0 radical (unpaired) electrons. The molecule has 0 aliphatic rings. The quantitative estimate of drug-likeness (QED) is 0.716. The molecule has 0 unspecified atom stereocenters. The molecule has 0 atom stereocenters. The molecule has 0 fully saturated rings. The van der Waals surface area contributed by atoms with Crippen LogP contribution in [-0.2, 0) is 6.61 Å². The highest BCUT2D eigenvalue weighted by Gasteiger charge is 2.20. The minimum absolute atomic E-state index is 0.154. The van der Waals surface area contributed by atoms with Crippen LogP contribution in [0.5, 0.6) is 5.75 Å². The number of amides is 1. The molecule has 3 rings (SSSR count). The van der Waals surface area contributed by atoms with Gasteiger partial charge in [-0.05, 0) is 42.8 Å². The molecule has 2 aromatic carbocycles. The van der Waals surface area contributed by atoms with Gasteiger partial charge in [-0.3, -0.25) is 4.79 Å². The van der Waals surface area contributed by atoms with E-state index in [0.717, 1.165) is 16.8 Å². The first-order valence-electron chi connectivity index (χ1n) is 7.54. The predicted octanol–water partition coefficient (Wildman–Crippen LogP) is 2.74. The van der Waals surface area contributed by atoms with Gasteiger partial charge in [-0.15, -0.1) is 5.10 Å². The number of benzene rings is 2. The van der Waals surface area contributed by atoms with Crippen molar-refractivity contribution in [3.8, 4) is 11.4 Å². The Balaban J connectivity index is 1.86. The molecule has 10 heteroatoms. The number of ether oxygens (including phenoxy) is 1. The smallest absolute Gasteiger partial charge is 0.442 e. The summed E-state index contributed by atoms with van der Waals surface area (Å²) in [6.45, 7) is 1.30. The van der Waals surface area contributed by atoms with Gasteiger partial charge in [0, 0.05) is 5.02 Å². The molecule has 2 N–H and O–H groups in total. The lowest BCUT2D eigenvalue weighted by Crippen LogP contribution is -2.16. The van der Waals surface area contributed by atoms with Crippen LogP contribution in [0.3, 0.4) is 0 Å². The number of hydrogen-bond donors (Lipinski definition) is 1. The summed E-state index contributed by atoms with van der Waals surface area (Å²) in [5.74, 6) is -5.01. The van der Waals surface area contributed by atoms with Gasteiger partial charge in [0.2, 0.25) is 0 Å². The van der Waals surface area contributed by atoms with E-state index in [-0.39, 0.29) is 5.89 Å². The topological polar surface area (TPSA) is 100 Å². The monoisotopic (exact) mass is 395 g/mol. The summed E-state index contributed by atoms with van der Waals surface area (Å²) in [6.07, 6.45) is 0. The van der Waals surface area contributed by atoms with Gasteiger partial charge in [0.05, 0.1) is 5.69 Å².